The third-order valence-corrected chi connectivity index (χ3v) is 2.78. The SMILES string of the molecule is Cc1nsc2c(C)ccnc12. The second-order valence-electron chi connectivity index (χ2n) is 2.57. The van der Waals surface area contributed by atoms with Gasteiger partial charge in [-0.2, -0.15) is 4.37 Å². The van der Waals surface area contributed by atoms with Gasteiger partial charge in [0.25, 0.3) is 0 Å². The first-order valence-electron chi connectivity index (χ1n) is 3.46. The Labute approximate surface area is 69.1 Å². The van der Waals surface area contributed by atoms with Gasteiger partial charge in [0.05, 0.1) is 10.4 Å². The van der Waals surface area contributed by atoms with Crippen LogP contribution in [-0.2, 0) is 0 Å². The van der Waals surface area contributed by atoms with Gasteiger partial charge in [-0.1, -0.05) is 0 Å². The van der Waals surface area contributed by atoms with Crippen molar-refractivity contribution in [2.45, 2.75) is 13.8 Å². The first-order chi connectivity index (χ1) is 5.29. The second kappa shape index (κ2) is 2.27. The Morgan fingerprint density at radius 1 is 1.36 bits per heavy atom. The van der Waals surface area contributed by atoms with E-state index in [1.54, 1.807) is 0 Å². The van der Waals surface area contributed by atoms with Gasteiger partial charge in [0.2, 0.25) is 0 Å². The van der Waals surface area contributed by atoms with E-state index in [2.05, 4.69) is 16.3 Å². The maximum absolute atomic E-state index is 4.25. The van der Waals surface area contributed by atoms with Gasteiger partial charge in [0.1, 0.15) is 5.52 Å². The minimum Gasteiger partial charge on any atom is -0.253 e. The molecule has 0 N–H and O–H groups in total. The molecule has 56 valence electrons. The molecule has 0 saturated carbocycles. The summed E-state index contributed by atoms with van der Waals surface area (Å²) in [7, 11) is 0. The van der Waals surface area contributed by atoms with Crippen LogP contribution in [0.5, 0.6) is 0 Å². The van der Waals surface area contributed by atoms with Crippen LogP contribution in [0.1, 0.15) is 11.3 Å². The van der Waals surface area contributed by atoms with Crippen LogP contribution in [0, 0.1) is 13.8 Å². The molecule has 0 spiro atoms. The monoisotopic (exact) mass is 164 g/mol. The first kappa shape index (κ1) is 6.73. The Morgan fingerprint density at radius 3 is 2.91 bits per heavy atom. The highest BCUT2D eigenvalue weighted by Gasteiger charge is 2.03. The predicted octanol–water partition coefficient (Wildman–Crippen LogP) is 2.31. The smallest absolute Gasteiger partial charge is 0.104 e. The highest BCUT2D eigenvalue weighted by atomic mass is 32.1. The number of aryl methyl sites for hydroxylation is 2. The number of hydrogen-bond donors (Lipinski definition) is 0. The molecule has 0 aliphatic carbocycles. The number of pyridine rings is 1. The summed E-state index contributed by atoms with van der Waals surface area (Å²) < 4.78 is 5.45. The summed E-state index contributed by atoms with van der Waals surface area (Å²) in [6.07, 6.45) is 1.83. The van der Waals surface area contributed by atoms with Crippen LogP contribution in [-0.4, -0.2) is 9.36 Å². The summed E-state index contributed by atoms with van der Waals surface area (Å²) in [5.74, 6) is 0. The molecule has 0 aromatic carbocycles. The number of fused-ring (bicyclic) bond motifs is 1. The van der Waals surface area contributed by atoms with Crippen molar-refractivity contribution in [2.75, 3.05) is 0 Å². The van der Waals surface area contributed by atoms with E-state index in [4.69, 9.17) is 0 Å². The fourth-order valence-corrected chi connectivity index (χ4v) is 1.89. The van der Waals surface area contributed by atoms with E-state index in [1.165, 1.54) is 21.8 Å². The van der Waals surface area contributed by atoms with Crippen LogP contribution in [0.15, 0.2) is 12.3 Å². The molecule has 0 fully saturated rings. The van der Waals surface area contributed by atoms with Crippen molar-refractivity contribution in [2.24, 2.45) is 0 Å². The molecule has 0 atom stereocenters. The Balaban J connectivity index is 2.94. The Bertz CT molecular complexity index is 392. The van der Waals surface area contributed by atoms with Crippen LogP contribution in [0.2, 0.25) is 0 Å². The van der Waals surface area contributed by atoms with E-state index >= 15 is 0 Å². The highest BCUT2D eigenvalue weighted by Crippen LogP contribution is 2.22. The molecule has 0 saturated heterocycles. The maximum Gasteiger partial charge on any atom is 0.104 e. The lowest BCUT2D eigenvalue weighted by Gasteiger charge is -1.91. The van der Waals surface area contributed by atoms with Gasteiger partial charge in [-0.25, -0.2) is 0 Å². The van der Waals surface area contributed by atoms with Gasteiger partial charge >= 0.3 is 0 Å². The molecule has 2 aromatic rings. The lowest BCUT2D eigenvalue weighted by atomic mass is 10.2. The summed E-state index contributed by atoms with van der Waals surface area (Å²) >= 11 is 1.53. The number of rotatable bonds is 0. The summed E-state index contributed by atoms with van der Waals surface area (Å²) in [6.45, 7) is 4.08. The molecular formula is C8H8N2S. The Hall–Kier alpha value is -0.960. The minimum absolute atomic E-state index is 1.04. The zero-order valence-corrected chi connectivity index (χ0v) is 7.27. The van der Waals surface area contributed by atoms with Gasteiger partial charge in [-0.15, -0.1) is 0 Å². The van der Waals surface area contributed by atoms with Crippen molar-refractivity contribution < 1.29 is 0 Å². The van der Waals surface area contributed by atoms with Crippen LogP contribution in [0.25, 0.3) is 10.2 Å². The maximum atomic E-state index is 4.25. The van der Waals surface area contributed by atoms with E-state index in [9.17, 15) is 0 Å². The zero-order valence-electron chi connectivity index (χ0n) is 6.46. The van der Waals surface area contributed by atoms with Crippen molar-refractivity contribution in [1.29, 1.82) is 0 Å². The average Bonchev–Trinajstić information content (AvgIpc) is 2.35. The molecule has 0 unspecified atom stereocenters. The molecule has 2 rings (SSSR count). The van der Waals surface area contributed by atoms with E-state index < -0.39 is 0 Å². The molecule has 0 amide bonds. The largest absolute Gasteiger partial charge is 0.253 e. The summed E-state index contributed by atoms with van der Waals surface area (Å²) in [5.41, 5.74) is 3.35. The molecule has 2 heterocycles. The van der Waals surface area contributed by atoms with E-state index in [1.807, 2.05) is 19.2 Å². The Kier molecular flexibility index (Phi) is 1.39. The van der Waals surface area contributed by atoms with Crippen LogP contribution in [0.3, 0.4) is 0 Å². The van der Waals surface area contributed by atoms with Gasteiger partial charge in [-0.05, 0) is 37.0 Å². The van der Waals surface area contributed by atoms with E-state index in [-0.39, 0.29) is 0 Å². The van der Waals surface area contributed by atoms with Gasteiger partial charge in [0, 0.05) is 6.20 Å². The number of aromatic nitrogens is 2. The zero-order chi connectivity index (χ0) is 7.84. The molecule has 0 aliphatic heterocycles. The quantitative estimate of drug-likeness (QED) is 0.597. The molecule has 3 heteroatoms. The molecule has 11 heavy (non-hydrogen) atoms. The van der Waals surface area contributed by atoms with E-state index in [0.717, 1.165) is 11.2 Å². The fraction of sp³-hybridized carbons (Fsp3) is 0.250. The number of hydrogen-bond acceptors (Lipinski definition) is 3. The summed E-state index contributed by atoms with van der Waals surface area (Å²) in [4.78, 5) is 4.25. The molecule has 2 nitrogen and oxygen atoms in total. The topological polar surface area (TPSA) is 25.8 Å². The lowest BCUT2D eigenvalue weighted by Crippen LogP contribution is -1.77. The first-order valence-corrected chi connectivity index (χ1v) is 4.24. The fourth-order valence-electron chi connectivity index (χ4n) is 1.07. The van der Waals surface area contributed by atoms with E-state index in [0.29, 0.717) is 0 Å². The van der Waals surface area contributed by atoms with Crippen molar-refractivity contribution in [3.63, 3.8) is 0 Å². The molecule has 0 aliphatic rings. The molecule has 0 radical (unpaired) electrons. The molecule has 0 bridgehead atoms. The van der Waals surface area contributed by atoms with Crippen molar-refractivity contribution in [1.82, 2.24) is 9.36 Å². The summed E-state index contributed by atoms with van der Waals surface area (Å²) in [5, 5.41) is 0. The van der Waals surface area contributed by atoms with Crippen molar-refractivity contribution in [3.05, 3.63) is 23.5 Å². The minimum atomic E-state index is 1.04. The van der Waals surface area contributed by atoms with Gasteiger partial charge < -0.3 is 0 Å². The number of nitrogens with zero attached hydrogens (tertiary/aromatic N) is 2. The second-order valence-corrected chi connectivity index (χ2v) is 3.35. The van der Waals surface area contributed by atoms with Gasteiger partial charge in [-0.3, -0.25) is 4.98 Å². The molecule has 2 aromatic heterocycles. The standard InChI is InChI=1S/C8H8N2S/c1-5-3-4-9-7-6(2)10-11-8(5)7/h3-4H,1-2H3. The highest BCUT2D eigenvalue weighted by molar-refractivity contribution is 7.13. The van der Waals surface area contributed by atoms with Crippen LogP contribution >= 0.6 is 11.5 Å². The Morgan fingerprint density at radius 2 is 2.18 bits per heavy atom. The third-order valence-electron chi connectivity index (χ3n) is 1.72. The normalized spacial score (nSPS) is 10.7. The summed E-state index contributed by atoms with van der Waals surface area (Å²) in [6, 6.07) is 2.01. The third kappa shape index (κ3) is 0.922. The predicted molar refractivity (Wildman–Crippen MR) is 46.9 cm³/mol. The van der Waals surface area contributed by atoms with Crippen LogP contribution in [0.4, 0.5) is 0 Å². The van der Waals surface area contributed by atoms with Crippen molar-refractivity contribution >= 4 is 21.7 Å². The van der Waals surface area contributed by atoms with Crippen LogP contribution < -0.4 is 0 Å². The van der Waals surface area contributed by atoms with Crippen molar-refractivity contribution in [3.8, 4) is 0 Å². The average molecular weight is 164 g/mol. The van der Waals surface area contributed by atoms with Gasteiger partial charge in [0.15, 0.2) is 0 Å². The lowest BCUT2D eigenvalue weighted by molar-refractivity contribution is 1.30. The molecular weight excluding hydrogens is 156 g/mol.